The first-order valence-corrected chi connectivity index (χ1v) is 10.2. The first kappa shape index (κ1) is 19.4. The molecular weight excluding hydrogens is 364 g/mol. The van der Waals surface area contributed by atoms with Gasteiger partial charge in [0.25, 0.3) is 0 Å². The third-order valence-corrected chi connectivity index (χ3v) is 5.55. The minimum atomic E-state index is -0.170. The number of aromatic nitrogens is 4. The Morgan fingerprint density at radius 2 is 1.86 bits per heavy atom. The van der Waals surface area contributed by atoms with Crippen LogP contribution in [-0.2, 0) is 7.05 Å². The van der Waals surface area contributed by atoms with Crippen LogP contribution in [0.2, 0.25) is 0 Å². The van der Waals surface area contributed by atoms with Crippen LogP contribution in [0.5, 0.6) is 0 Å². The molecule has 0 amide bonds. The Hall–Kier alpha value is -2.93. The molecule has 1 unspecified atom stereocenters. The lowest BCUT2D eigenvalue weighted by Crippen LogP contribution is -2.28. The molecule has 7 nitrogen and oxygen atoms in total. The molecule has 1 saturated carbocycles. The van der Waals surface area contributed by atoms with Gasteiger partial charge in [0.15, 0.2) is 0 Å². The highest BCUT2D eigenvalue weighted by Crippen LogP contribution is 2.30. The summed E-state index contributed by atoms with van der Waals surface area (Å²) in [5.41, 5.74) is 2.98. The van der Waals surface area contributed by atoms with Gasteiger partial charge < -0.3 is 15.7 Å². The van der Waals surface area contributed by atoms with Crippen LogP contribution in [0, 0.1) is 0 Å². The lowest BCUT2D eigenvalue weighted by molar-refractivity contribution is 0.126. The smallest absolute Gasteiger partial charge is 0.223 e. The van der Waals surface area contributed by atoms with Crippen molar-refractivity contribution in [2.45, 2.75) is 50.8 Å². The Morgan fingerprint density at radius 1 is 1.10 bits per heavy atom. The molecular formula is C22H28N6O. The van der Waals surface area contributed by atoms with Gasteiger partial charge in [0.05, 0.1) is 23.6 Å². The topological polar surface area (TPSA) is 87.9 Å². The van der Waals surface area contributed by atoms with Crippen molar-refractivity contribution in [3.8, 4) is 11.3 Å². The molecule has 1 aliphatic rings. The Balaban J connectivity index is 1.53. The summed E-state index contributed by atoms with van der Waals surface area (Å²) in [7, 11) is 1.93. The molecule has 0 aliphatic heterocycles. The van der Waals surface area contributed by atoms with Crippen LogP contribution < -0.4 is 10.6 Å². The van der Waals surface area contributed by atoms with E-state index in [0.29, 0.717) is 12.0 Å². The van der Waals surface area contributed by atoms with Gasteiger partial charge in [0, 0.05) is 25.3 Å². The fourth-order valence-electron chi connectivity index (χ4n) is 3.81. The summed E-state index contributed by atoms with van der Waals surface area (Å²) in [6.07, 6.45) is 6.96. The minimum Gasteiger partial charge on any atom is -0.393 e. The van der Waals surface area contributed by atoms with E-state index in [4.69, 9.17) is 4.98 Å². The normalized spacial score (nSPS) is 20.2. The molecule has 4 rings (SSSR count). The Morgan fingerprint density at radius 3 is 2.62 bits per heavy atom. The first-order valence-electron chi connectivity index (χ1n) is 10.2. The second-order valence-electron chi connectivity index (χ2n) is 7.72. The number of aliphatic hydroxyl groups is 1. The zero-order valence-corrected chi connectivity index (χ0v) is 16.9. The minimum absolute atomic E-state index is 0.137. The molecule has 7 heteroatoms. The van der Waals surface area contributed by atoms with Gasteiger partial charge in [0.1, 0.15) is 5.82 Å². The van der Waals surface area contributed by atoms with Crippen LogP contribution in [0.1, 0.15) is 44.2 Å². The third-order valence-electron chi connectivity index (χ3n) is 5.55. The van der Waals surface area contributed by atoms with Gasteiger partial charge in [-0.3, -0.25) is 4.68 Å². The molecule has 0 saturated heterocycles. The number of hydrogen-bond acceptors (Lipinski definition) is 6. The maximum atomic E-state index is 9.70. The average Bonchev–Trinajstić information content (AvgIpc) is 3.11. The maximum absolute atomic E-state index is 9.70. The van der Waals surface area contributed by atoms with E-state index in [1.807, 2.05) is 42.2 Å². The van der Waals surface area contributed by atoms with Gasteiger partial charge in [0.2, 0.25) is 5.95 Å². The number of aryl methyl sites for hydroxylation is 1. The monoisotopic (exact) mass is 392 g/mol. The van der Waals surface area contributed by atoms with Crippen LogP contribution in [0.3, 0.4) is 0 Å². The van der Waals surface area contributed by atoms with Crippen molar-refractivity contribution in [1.29, 1.82) is 0 Å². The SMILES string of the molecule is CC(Nc1c(-c2ccnc(N[C@H]3CC[C@H](O)CC3)n2)cnn1C)c1ccccc1. The van der Waals surface area contributed by atoms with E-state index < -0.39 is 0 Å². The standard InChI is InChI=1S/C22H28N6O/c1-15(16-6-4-3-5-7-16)25-21-19(14-24-28(21)2)20-12-13-23-22(27-20)26-17-8-10-18(29)11-9-17/h3-7,12-15,17-18,25,29H,8-11H2,1-2H3,(H,23,26,27)/t15?,17-,18-. The quantitative estimate of drug-likeness (QED) is 0.592. The molecule has 2 heterocycles. The number of benzene rings is 1. The highest BCUT2D eigenvalue weighted by atomic mass is 16.3. The zero-order valence-electron chi connectivity index (χ0n) is 16.9. The van der Waals surface area contributed by atoms with Crippen molar-refractivity contribution in [3.05, 3.63) is 54.4 Å². The number of rotatable bonds is 6. The number of nitrogens with zero attached hydrogens (tertiary/aromatic N) is 4. The second kappa shape index (κ2) is 8.61. The molecule has 0 radical (unpaired) electrons. The highest BCUT2D eigenvalue weighted by molar-refractivity contribution is 5.73. The molecule has 1 fully saturated rings. The van der Waals surface area contributed by atoms with E-state index in [-0.39, 0.29) is 12.1 Å². The van der Waals surface area contributed by atoms with Crippen molar-refractivity contribution in [2.24, 2.45) is 7.05 Å². The lowest BCUT2D eigenvalue weighted by atomic mass is 9.93. The van der Waals surface area contributed by atoms with Crippen molar-refractivity contribution >= 4 is 11.8 Å². The second-order valence-corrected chi connectivity index (χ2v) is 7.72. The molecule has 1 atom stereocenters. The predicted molar refractivity (Wildman–Crippen MR) is 115 cm³/mol. The fourth-order valence-corrected chi connectivity index (χ4v) is 3.81. The summed E-state index contributed by atoms with van der Waals surface area (Å²) >= 11 is 0. The van der Waals surface area contributed by atoms with Gasteiger partial charge in [-0.1, -0.05) is 30.3 Å². The average molecular weight is 393 g/mol. The molecule has 1 aromatic carbocycles. The first-order chi connectivity index (χ1) is 14.1. The van der Waals surface area contributed by atoms with Crippen LogP contribution in [-0.4, -0.2) is 37.0 Å². The number of aliphatic hydroxyl groups excluding tert-OH is 1. The number of anilines is 2. The summed E-state index contributed by atoms with van der Waals surface area (Å²) in [6.45, 7) is 2.14. The van der Waals surface area contributed by atoms with Gasteiger partial charge in [-0.2, -0.15) is 5.10 Å². The third kappa shape index (κ3) is 4.56. The summed E-state index contributed by atoms with van der Waals surface area (Å²) < 4.78 is 1.84. The van der Waals surface area contributed by atoms with E-state index in [2.05, 4.69) is 39.8 Å². The molecule has 0 bridgehead atoms. The van der Waals surface area contributed by atoms with Crippen LogP contribution in [0.15, 0.2) is 48.8 Å². The summed E-state index contributed by atoms with van der Waals surface area (Å²) in [4.78, 5) is 9.12. The molecule has 3 aromatic rings. The summed E-state index contributed by atoms with van der Waals surface area (Å²) in [6, 6.07) is 12.7. The van der Waals surface area contributed by atoms with Crippen LogP contribution in [0.4, 0.5) is 11.8 Å². The highest BCUT2D eigenvalue weighted by Gasteiger charge is 2.20. The van der Waals surface area contributed by atoms with E-state index >= 15 is 0 Å². The predicted octanol–water partition coefficient (Wildman–Crippen LogP) is 3.77. The summed E-state index contributed by atoms with van der Waals surface area (Å²) in [5.74, 6) is 1.54. The Kier molecular flexibility index (Phi) is 5.76. The van der Waals surface area contributed by atoms with Gasteiger partial charge in [-0.05, 0) is 44.2 Å². The molecule has 1 aliphatic carbocycles. The molecule has 29 heavy (non-hydrogen) atoms. The maximum Gasteiger partial charge on any atom is 0.223 e. The van der Waals surface area contributed by atoms with Crippen LogP contribution >= 0.6 is 0 Å². The summed E-state index contributed by atoms with van der Waals surface area (Å²) in [5, 5.41) is 21.1. The zero-order chi connectivity index (χ0) is 20.2. The van der Waals surface area contributed by atoms with E-state index in [1.165, 1.54) is 5.56 Å². The fraction of sp³-hybridized carbons (Fsp3) is 0.409. The van der Waals surface area contributed by atoms with E-state index in [1.54, 1.807) is 6.20 Å². The van der Waals surface area contributed by atoms with Crippen molar-refractivity contribution < 1.29 is 5.11 Å². The Labute approximate surface area is 171 Å². The largest absolute Gasteiger partial charge is 0.393 e. The van der Waals surface area contributed by atoms with Gasteiger partial charge >= 0.3 is 0 Å². The van der Waals surface area contributed by atoms with Crippen molar-refractivity contribution in [3.63, 3.8) is 0 Å². The van der Waals surface area contributed by atoms with E-state index in [9.17, 15) is 5.11 Å². The van der Waals surface area contributed by atoms with Crippen molar-refractivity contribution in [2.75, 3.05) is 10.6 Å². The Bertz CT molecular complexity index is 933. The van der Waals surface area contributed by atoms with Gasteiger partial charge in [-0.25, -0.2) is 9.97 Å². The molecule has 2 aromatic heterocycles. The number of hydrogen-bond donors (Lipinski definition) is 3. The molecule has 3 N–H and O–H groups in total. The van der Waals surface area contributed by atoms with Gasteiger partial charge in [-0.15, -0.1) is 0 Å². The van der Waals surface area contributed by atoms with E-state index in [0.717, 1.165) is 42.8 Å². The van der Waals surface area contributed by atoms with Crippen LogP contribution in [0.25, 0.3) is 11.3 Å². The molecule has 0 spiro atoms. The lowest BCUT2D eigenvalue weighted by Gasteiger charge is -2.26. The molecule has 152 valence electrons. The number of nitrogens with one attached hydrogen (secondary N) is 2. The van der Waals surface area contributed by atoms with Crippen molar-refractivity contribution in [1.82, 2.24) is 19.7 Å².